The average molecular weight is 221 g/mol. The predicted octanol–water partition coefficient (Wildman–Crippen LogP) is 0.769. The van der Waals surface area contributed by atoms with Crippen molar-refractivity contribution in [2.45, 2.75) is 33.2 Å². The molecule has 0 aromatic carbocycles. The smallest absolute Gasteiger partial charge is 0.655 e. The monoisotopic (exact) mass is 221 g/mol. The fourth-order valence-electron chi connectivity index (χ4n) is 1.38. The Morgan fingerprint density at radius 1 is 1.46 bits per heavy atom. The second-order valence-electron chi connectivity index (χ2n) is 2.64. The van der Waals surface area contributed by atoms with Gasteiger partial charge < -0.3 is 5.32 Å². The van der Waals surface area contributed by atoms with Crippen LogP contribution in [0.4, 0.5) is 0 Å². The molecule has 1 aromatic heterocycles. The van der Waals surface area contributed by atoms with Gasteiger partial charge in [0.2, 0.25) is 0 Å². The Morgan fingerprint density at radius 3 is 2.77 bits per heavy atom. The van der Waals surface area contributed by atoms with Crippen LogP contribution in [0.15, 0.2) is 11.4 Å². The largest absolute Gasteiger partial charge is 1.00 e. The van der Waals surface area contributed by atoms with Crippen LogP contribution in [0.5, 0.6) is 0 Å². The Bertz CT molecular complexity index is 235. The molecule has 0 aliphatic carbocycles. The van der Waals surface area contributed by atoms with Gasteiger partial charge in [-0.3, -0.25) is 0 Å². The van der Waals surface area contributed by atoms with Crippen LogP contribution in [0.2, 0.25) is 0 Å². The van der Waals surface area contributed by atoms with Crippen molar-refractivity contribution < 1.29 is 51.4 Å². The molecule has 1 aliphatic heterocycles. The number of fused-ring (bicyclic) bond motifs is 1. The SMILES string of the molecule is CC.CC1[N-]CCc2ccsc21.[K+]. The molecule has 0 radical (unpaired) electrons. The summed E-state index contributed by atoms with van der Waals surface area (Å²) in [7, 11) is 0. The normalized spacial score (nSPS) is 19.2. The van der Waals surface area contributed by atoms with Gasteiger partial charge in [0, 0.05) is 0 Å². The molecule has 0 fully saturated rings. The predicted molar refractivity (Wildman–Crippen MR) is 56.0 cm³/mol. The summed E-state index contributed by atoms with van der Waals surface area (Å²) < 4.78 is 0. The quantitative estimate of drug-likeness (QED) is 0.575. The van der Waals surface area contributed by atoms with Crippen LogP contribution >= 0.6 is 11.3 Å². The molecule has 1 aliphatic rings. The third kappa shape index (κ3) is 3.74. The van der Waals surface area contributed by atoms with Crippen molar-refractivity contribution in [3.05, 3.63) is 27.2 Å². The van der Waals surface area contributed by atoms with Gasteiger partial charge in [0.1, 0.15) is 0 Å². The van der Waals surface area contributed by atoms with E-state index in [-0.39, 0.29) is 51.4 Å². The van der Waals surface area contributed by atoms with E-state index in [1.165, 1.54) is 10.4 Å². The fourth-order valence-corrected chi connectivity index (χ4v) is 2.35. The van der Waals surface area contributed by atoms with E-state index in [9.17, 15) is 0 Å². The van der Waals surface area contributed by atoms with E-state index in [2.05, 4.69) is 23.7 Å². The first-order chi connectivity index (χ1) is 5.88. The first-order valence-electron chi connectivity index (χ1n) is 4.61. The van der Waals surface area contributed by atoms with Crippen molar-refractivity contribution in [2.75, 3.05) is 6.54 Å². The summed E-state index contributed by atoms with van der Waals surface area (Å²) in [5.41, 5.74) is 1.52. The zero-order valence-electron chi connectivity index (χ0n) is 9.00. The van der Waals surface area contributed by atoms with Crippen LogP contribution in [0.3, 0.4) is 0 Å². The maximum Gasteiger partial charge on any atom is 1.00 e. The van der Waals surface area contributed by atoms with E-state index >= 15 is 0 Å². The third-order valence-corrected chi connectivity index (χ3v) is 3.07. The van der Waals surface area contributed by atoms with Gasteiger partial charge in [-0.2, -0.15) is 11.3 Å². The summed E-state index contributed by atoms with van der Waals surface area (Å²) in [6.45, 7) is 7.19. The third-order valence-electron chi connectivity index (χ3n) is 1.94. The number of nitrogens with zero attached hydrogens (tertiary/aromatic N) is 1. The Kier molecular flexibility index (Phi) is 8.33. The van der Waals surface area contributed by atoms with Gasteiger partial charge in [0.15, 0.2) is 0 Å². The standard InChI is InChI=1S/C8H10NS.C2H6.K/c1-6-8-7(2-4-9-6)3-5-10-8;1-2;/h3,5-6H,2,4H2,1H3;1-2H3;/q-1;;+1. The maximum atomic E-state index is 4.45. The first kappa shape index (κ1) is 14.3. The molecule has 1 nitrogen and oxygen atoms in total. The van der Waals surface area contributed by atoms with Crippen molar-refractivity contribution in [1.29, 1.82) is 0 Å². The molecule has 0 saturated heterocycles. The van der Waals surface area contributed by atoms with Gasteiger partial charge in [-0.05, 0) is 28.3 Å². The summed E-state index contributed by atoms with van der Waals surface area (Å²) in [5, 5.41) is 6.62. The summed E-state index contributed by atoms with van der Waals surface area (Å²) in [4.78, 5) is 1.48. The second-order valence-corrected chi connectivity index (χ2v) is 3.59. The van der Waals surface area contributed by atoms with Gasteiger partial charge in [-0.25, -0.2) is 0 Å². The molecule has 1 aromatic rings. The molecule has 0 bridgehead atoms. The van der Waals surface area contributed by atoms with Gasteiger partial charge in [-0.1, -0.05) is 20.8 Å². The van der Waals surface area contributed by atoms with Crippen LogP contribution in [0, 0.1) is 0 Å². The van der Waals surface area contributed by atoms with E-state index in [4.69, 9.17) is 0 Å². The molecule has 0 amide bonds. The van der Waals surface area contributed by atoms with Crippen LogP contribution in [-0.4, -0.2) is 6.54 Å². The molecule has 2 rings (SSSR count). The Balaban J connectivity index is 0.000000451. The van der Waals surface area contributed by atoms with Crippen LogP contribution < -0.4 is 51.4 Å². The molecule has 68 valence electrons. The molecule has 2 heterocycles. The Labute approximate surface area is 128 Å². The molecule has 1 unspecified atom stereocenters. The molecule has 1 atom stereocenters. The zero-order chi connectivity index (χ0) is 8.97. The zero-order valence-corrected chi connectivity index (χ0v) is 12.9. The number of thiophene rings is 1. The van der Waals surface area contributed by atoms with Crippen LogP contribution in [-0.2, 0) is 6.42 Å². The average Bonchev–Trinajstić information content (AvgIpc) is 2.57. The van der Waals surface area contributed by atoms with Crippen LogP contribution in [0.25, 0.3) is 5.32 Å². The molecule has 0 N–H and O–H groups in total. The minimum Gasteiger partial charge on any atom is -0.655 e. The summed E-state index contributed by atoms with van der Waals surface area (Å²) in [6, 6.07) is 2.69. The summed E-state index contributed by atoms with van der Waals surface area (Å²) in [5.74, 6) is 0. The van der Waals surface area contributed by atoms with Crippen molar-refractivity contribution in [3.8, 4) is 0 Å². The molecule has 13 heavy (non-hydrogen) atoms. The van der Waals surface area contributed by atoms with Crippen molar-refractivity contribution >= 4 is 11.3 Å². The Hall–Kier alpha value is 1.30. The van der Waals surface area contributed by atoms with E-state index in [1.54, 1.807) is 0 Å². The van der Waals surface area contributed by atoms with Gasteiger partial charge >= 0.3 is 51.4 Å². The van der Waals surface area contributed by atoms with Crippen molar-refractivity contribution in [2.24, 2.45) is 0 Å². The summed E-state index contributed by atoms with van der Waals surface area (Å²) >= 11 is 1.84. The van der Waals surface area contributed by atoms with E-state index in [0.29, 0.717) is 6.04 Å². The second kappa shape index (κ2) is 7.57. The summed E-state index contributed by atoms with van der Waals surface area (Å²) in [6.07, 6.45) is 1.16. The molecule has 0 spiro atoms. The Morgan fingerprint density at radius 2 is 2.15 bits per heavy atom. The molecular weight excluding hydrogens is 205 g/mol. The minimum absolute atomic E-state index is 0. The number of hydrogen-bond acceptors (Lipinski definition) is 1. The molecular formula is C10H16KNS. The fraction of sp³-hybridized carbons (Fsp3) is 0.600. The number of rotatable bonds is 0. The van der Waals surface area contributed by atoms with Gasteiger partial charge in [-0.15, -0.1) is 12.6 Å². The maximum absolute atomic E-state index is 4.45. The minimum atomic E-state index is 0. The van der Waals surface area contributed by atoms with E-state index in [1.807, 2.05) is 25.2 Å². The topological polar surface area (TPSA) is 14.1 Å². The van der Waals surface area contributed by atoms with E-state index < -0.39 is 0 Å². The van der Waals surface area contributed by atoms with Gasteiger partial charge in [0.05, 0.1) is 0 Å². The number of hydrogen-bond donors (Lipinski definition) is 0. The molecule has 0 saturated carbocycles. The van der Waals surface area contributed by atoms with Gasteiger partial charge in [0.25, 0.3) is 0 Å². The van der Waals surface area contributed by atoms with Crippen molar-refractivity contribution in [1.82, 2.24) is 0 Å². The molecule has 3 heteroatoms. The van der Waals surface area contributed by atoms with Crippen LogP contribution in [0.1, 0.15) is 37.3 Å². The van der Waals surface area contributed by atoms with E-state index in [0.717, 1.165) is 13.0 Å². The first-order valence-corrected chi connectivity index (χ1v) is 5.49. The van der Waals surface area contributed by atoms with Crippen molar-refractivity contribution in [3.63, 3.8) is 0 Å².